The molecule has 1 aliphatic heterocycles. The van der Waals surface area contributed by atoms with Crippen LogP contribution in [0.1, 0.15) is 12.1 Å². The second kappa shape index (κ2) is 5.14. The molecule has 0 saturated carbocycles. The van der Waals surface area contributed by atoms with Gasteiger partial charge in [0.2, 0.25) is 5.91 Å². The maximum atomic E-state index is 12.0. The van der Waals surface area contributed by atoms with Gasteiger partial charge in [0.25, 0.3) is 0 Å². The SMILES string of the molecule is CN(C(=O)Cc1ccc(N)cn1)C1CCOC1. The smallest absolute Gasteiger partial charge is 0.228 e. The van der Waals surface area contributed by atoms with Gasteiger partial charge in [-0.2, -0.15) is 0 Å². The molecule has 1 aliphatic rings. The fourth-order valence-corrected chi connectivity index (χ4v) is 1.85. The number of pyridine rings is 1. The van der Waals surface area contributed by atoms with E-state index in [1.54, 1.807) is 23.2 Å². The fraction of sp³-hybridized carbons (Fsp3) is 0.500. The van der Waals surface area contributed by atoms with Crippen molar-refractivity contribution in [3.63, 3.8) is 0 Å². The van der Waals surface area contributed by atoms with Crippen molar-refractivity contribution in [1.29, 1.82) is 0 Å². The molecule has 1 unspecified atom stereocenters. The van der Waals surface area contributed by atoms with Gasteiger partial charge in [-0.3, -0.25) is 9.78 Å². The number of aromatic nitrogens is 1. The molecule has 1 amide bonds. The first-order valence-electron chi connectivity index (χ1n) is 5.70. The van der Waals surface area contributed by atoms with Gasteiger partial charge in [0, 0.05) is 19.3 Å². The van der Waals surface area contributed by atoms with Crippen molar-refractivity contribution in [2.45, 2.75) is 18.9 Å². The van der Waals surface area contributed by atoms with Gasteiger partial charge in [0.1, 0.15) is 0 Å². The van der Waals surface area contributed by atoms with E-state index in [1.807, 2.05) is 7.05 Å². The molecule has 1 atom stereocenters. The normalized spacial score (nSPS) is 19.2. The molecule has 2 N–H and O–H groups in total. The molecular formula is C12H17N3O2. The van der Waals surface area contributed by atoms with E-state index in [0.717, 1.165) is 18.7 Å². The van der Waals surface area contributed by atoms with Gasteiger partial charge in [-0.05, 0) is 18.6 Å². The predicted molar refractivity (Wildman–Crippen MR) is 64.3 cm³/mol. The molecule has 5 nitrogen and oxygen atoms in total. The van der Waals surface area contributed by atoms with Gasteiger partial charge in [-0.15, -0.1) is 0 Å². The van der Waals surface area contributed by atoms with E-state index in [1.165, 1.54) is 0 Å². The van der Waals surface area contributed by atoms with Crippen LogP contribution in [-0.2, 0) is 16.0 Å². The van der Waals surface area contributed by atoms with Crippen LogP contribution in [0, 0.1) is 0 Å². The fourth-order valence-electron chi connectivity index (χ4n) is 1.85. The Morgan fingerprint density at radius 1 is 1.65 bits per heavy atom. The highest BCUT2D eigenvalue weighted by Crippen LogP contribution is 2.12. The van der Waals surface area contributed by atoms with Gasteiger partial charge in [-0.1, -0.05) is 0 Å². The number of amides is 1. The Hall–Kier alpha value is -1.62. The van der Waals surface area contributed by atoms with E-state index in [0.29, 0.717) is 18.7 Å². The van der Waals surface area contributed by atoms with Gasteiger partial charge >= 0.3 is 0 Å². The number of nitrogens with zero attached hydrogens (tertiary/aromatic N) is 2. The van der Waals surface area contributed by atoms with Crippen LogP contribution in [0.2, 0.25) is 0 Å². The van der Waals surface area contributed by atoms with Crippen molar-refractivity contribution in [2.24, 2.45) is 0 Å². The average Bonchev–Trinajstić information content (AvgIpc) is 2.84. The number of hydrogen-bond donors (Lipinski definition) is 1. The van der Waals surface area contributed by atoms with Gasteiger partial charge in [0.15, 0.2) is 0 Å². The Balaban J connectivity index is 1.93. The number of hydrogen-bond acceptors (Lipinski definition) is 4. The number of ether oxygens (including phenoxy) is 1. The topological polar surface area (TPSA) is 68.5 Å². The Labute approximate surface area is 101 Å². The van der Waals surface area contributed by atoms with Crippen LogP contribution >= 0.6 is 0 Å². The number of nitrogen functional groups attached to an aromatic ring is 1. The first-order valence-corrected chi connectivity index (χ1v) is 5.70. The summed E-state index contributed by atoms with van der Waals surface area (Å²) in [6.07, 6.45) is 2.80. The number of likely N-dealkylation sites (N-methyl/N-ethyl adjacent to an activating group) is 1. The summed E-state index contributed by atoms with van der Waals surface area (Å²) in [5, 5.41) is 0. The number of nitrogens with two attached hydrogens (primary N) is 1. The molecule has 2 rings (SSSR count). The second-order valence-corrected chi connectivity index (χ2v) is 4.28. The van der Waals surface area contributed by atoms with Crippen LogP contribution in [0.25, 0.3) is 0 Å². The highest BCUT2D eigenvalue weighted by atomic mass is 16.5. The van der Waals surface area contributed by atoms with Crippen molar-refractivity contribution in [3.8, 4) is 0 Å². The summed E-state index contributed by atoms with van der Waals surface area (Å²) in [5.74, 6) is 0.0674. The standard InChI is InChI=1S/C12H17N3O2/c1-15(11-4-5-17-8-11)12(16)6-10-3-2-9(13)7-14-10/h2-3,7,11H,4-6,8,13H2,1H3. The zero-order valence-corrected chi connectivity index (χ0v) is 9.93. The monoisotopic (exact) mass is 235 g/mol. The molecule has 5 heteroatoms. The molecule has 0 aromatic carbocycles. The Morgan fingerprint density at radius 3 is 3.06 bits per heavy atom. The summed E-state index contributed by atoms with van der Waals surface area (Å²) >= 11 is 0. The van der Waals surface area contributed by atoms with E-state index in [2.05, 4.69) is 4.98 Å². The predicted octanol–water partition coefficient (Wildman–Crippen LogP) is 0.454. The minimum absolute atomic E-state index is 0.0674. The van der Waals surface area contributed by atoms with E-state index >= 15 is 0 Å². The molecule has 0 bridgehead atoms. The summed E-state index contributed by atoms with van der Waals surface area (Å²) in [4.78, 5) is 17.9. The van der Waals surface area contributed by atoms with Crippen LogP contribution in [0.4, 0.5) is 5.69 Å². The average molecular weight is 235 g/mol. The molecule has 1 aromatic heterocycles. The lowest BCUT2D eigenvalue weighted by atomic mass is 10.2. The van der Waals surface area contributed by atoms with E-state index in [4.69, 9.17) is 10.5 Å². The highest BCUT2D eigenvalue weighted by molar-refractivity contribution is 5.78. The quantitative estimate of drug-likeness (QED) is 0.826. The molecule has 0 aliphatic carbocycles. The Bertz CT molecular complexity index is 385. The molecule has 1 fully saturated rings. The van der Waals surface area contributed by atoms with Crippen LogP contribution < -0.4 is 5.73 Å². The van der Waals surface area contributed by atoms with Gasteiger partial charge in [-0.25, -0.2) is 0 Å². The van der Waals surface area contributed by atoms with E-state index in [9.17, 15) is 4.79 Å². The second-order valence-electron chi connectivity index (χ2n) is 4.28. The minimum atomic E-state index is 0.0674. The molecule has 0 spiro atoms. The molecule has 17 heavy (non-hydrogen) atoms. The van der Waals surface area contributed by atoms with Crippen molar-refractivity contribution in [3.05, 3.63) is 24.0 Å². The molecule has 1 aromatic rings. The summed E-state index contributed by atoms with van der Waals surface area (Å²) in [6.45, 7) is 1.37. The van der Waals surface area contributed by atoms with E-state index < -0.39 is 0 Å². The Kier molecular flexibility index (Phi) is 3.58. The zero-order chi connectivity index (χ0) is 12.3. The lowest BCUT2D eigenvalue weighted by Crippen LogP contribution is -2.38. The number of anilines is 1. The van der Waals surface area contributed by atoms with E-state index in [-0.39, 0.29) is 11.9 Å². The third-order valence-electron chi connectivity index (χ3n) is 3.03. The van der Waals surface area contributed by atoms with Crippen molar-refractivity contribution >= 4 is 11.6 Å². The molecule has 1 saturated heterocycles. The van der Waals surface area contributed by atoms with Crippen LogP contribution in [0.15, 0.2) is 18.3 Å². The lowest BCUT2D eigenvalue weighted by molar-refractivity contribution is -0.131. The summed E-state index contributed by atoms with van der Waals surface area (Å²) in [5.41, 5.74) is 6.90. The first-order chi connectivity index (χ1) is 8.16. The largest absolute Gasteiger partial charge is 0.397 e. The van der Waals surface area contributed by atoms with Crippen LogP contribution in [0.5, 0.6) is 0 Å². The molecule has 92 valence electrons. The molecule has 2 heterocycles. The molecule has 0 radical (unpaired) electrons. The lowest BCUT2D eigenvalue weighted by Gasteiger charge is -2.22. The number of rotatable bonds is 3. The van der Waals surface area contributed by atoms with Crippen LogP contribution in [-0.4, -0.2) is 42.1 Å². The summed E-state index contributed by atoms with van der Waals surface area (Å²) < 4.78 is 5.27. The maximum Gasteiger partial charge on any atom is 0.228 e. The summed E-state index contributed by atoms with van der Waals surface area (Å²) in [7, 11) is 1.82. The Morgan fingerprint density at radius 2 is 2.47 bits per heavy atom. The van der Waals surface area contributed by atoms with Gasteiger partial charge in [0.05, 0.1) is 31.0 Å². The molecular weight excluding hydrogens is 218 g/mol. The third kappa shape index (κ3) is 2.94. The third-order valence-corrected chi connectivity index (χ3v) is 3.03. The zero-order valence-electron chi connectivity index (χ0n) is 9.93. The first kappa shape index (κ1) is 11.9. The van der Waals surface area contributed by atoms with Crippen LogP contribution in [0.3, 0.4) is 0 Å². The van der Waals surface area contributed by atoms with Crippen molar-refractivity contribution in [2.75, 3.05) is 26.0 Å². The van der Waals surface area contributed by atoms with Gasteiger partial charge < -0.3 is 15.4 Å². The van der Waals surface area contributed by atoms with Crippen molar-refractivity contribution < 1.29 is 9.53 Å². The minimum Gasteiger partial charge on any atom is -0.397 e. The maximum absolute atomic E-state index is 12.0. The highest BCUT2D eigenvalue weighted by Gasteiger charge is 2.24. The van der Waals surface area contributed by atoms with Crippen molar-refractivity contribution in [1.82, 2.24) is 9.88 Å². The number of carbonyl (C=O) groups is 1. The number of carbonyl (C=O) groups excluding carboxylic acids is 1. The summed E-state index contributed by atoms with van der Waals surface area (Å²) in [6, 6.07) is 3.75.